The summed E-state index contributed by atoms with van der Waals surface area (Å²) in [6, 6.07) is 21.9. The van der Waals surface area contributed by atoms with Crippen molar-refractivity contribution in [3.8, 4) is 11.5 Å². The van der Waals surface area contributed by atoms with Gasteiger partial charge < -0.3 is 14.4 Å². The number of likely N-dealkylation sites (N-methyl/N-ethyl adjacent to an activating group) is 1. The number of hydrogen-bond donors (Lipinski definition) is 0. The first-order chi connectivity index (χ1) is 13.2. The summed E-state index contributed by atoms with van der Waals surface area (Å²) in [7, 11) is 0. The van der Waals surface area contributed by atoms with Gasteiger partial charge in [0, 0.05) is 6.54 Å². The van der Waals surface area contributed by atoms with Gasteiger partial charge in [-0.3, -0.25) is 4.79 Å². The van der Waals surface area contributed by atoms with E-state index in [1.807, 2.05) is 60.4 Å². The molecule has 4 nitrogen and oxygen atoms in total. The molecule has 4 rings (SSSR count). The summed E-state index contributed by atoms with van der Waals surface area (Å²) >= 11 is 0. The van der Waals surface area contributed by atoms with Crippen molar-refractivity contribution in [2.45, 2.75) is 19.4 Å². The highest BCUT2D eigenvalue weighted by atomic mass is 16.6. The molecule has 1 heterocycles. The van der Waals surface area contributed by atoms with Crippen molar-refractivity contribution in [1.29, 1.82) is 0 Å². The molecule has 3 aromatic carbocycles. The molecule has 1 aliphatic rings. The fourth-order valence-electron chi connectivity index (χ4n) is 3.53. The molecule has 4 heteroatoms. The molecule has 1 unspecified atom stereocenters. The van der Waals surface area contributed by atoms with Gasteiger partial charge in [-0.2, -0.15) is 0 Å². The summed E-state index contributed by atoms with van der Waals surface area (Å²) in [5.74, 6) is 1.61. The van der Waals surface area contributed by atoms with E-state index in [1.165, 1.54) is 0 Å². The monoisotopic (exact) mass is 361 g/mol. The van der Waals surface area contributed by atoms with Crippen molar-refractivity contribution >= 4 is 16.7 Å². The SMILES string of the molecule is CCN(CC1COc2ccccc2O1)C(=O)Cc1cccc2ccccc12. The molecule has 0 bridgehead atoms. The molecule has 0 aliphatic carbocycles. The van der Waals surface area contributed by atoms with Crippen molar-refractivity contribution in [2.24, 2.45) is 0 Å². The number of benzene rings is 3. The number of fused-ring (bicyclic) bond motifs is 2. The van der Waals surface area contributed by atoms with Gasteiger partial charge >= 0.3 is 0 Å². The lowest BCUT2D eigenvalue weighted by atomic mass is 10.0. The van der Waals surface area contributed by atoms with Crippen LogP contribution in [0.1, 0.15) is 12.5 Å². The molecule has 138 valence electrons. The number of carbonyl (C=O) groups is 1. The first-order valence-corrected chi connectivity index (χ1v) is 9.37. The third-order valence-corrected chi connectivity index (χ3v) is 4.95. The number of hydrogen-bond acceptors (Lipinski definition) is 3. The molecule has 1 aliphatic heterocycles. The minimum Gasteiger partial charge on any atom is -0.486 e. The van der Waals surface area contributed by atoms with Crippen LogP contribution in [0.5, 0.6) is 11.5 Å². The van der Waals surface area contributed by atoms with E-state index in [0.29, 0.717) is 26.1 Å². The van der Waals surface area contributed by atoms with Crippen molar-refractivity contribution in [3.05, 3.63) is 72.3 Å². The second-order valence-corrected chi connectivity index (χ2v) is 6.75. The molecule has 1 atom stereocenters. The van der Waals surface area contributed by atoms with E-state index < -0.39 is 0 Å². The minimum absolute atomic E-state index is 0.108. The predicted octanol–water partition coefficient (Wildman–Crippen LogP) is 4.07. The third kappa shape index (κ3) is 3.75. The van der Waals surface area contributed by atoms with Gasteiger partial charge in [-0.25, -0.2) is 0 Å². The lowest BCUT2D eigenvalue weighted by Crippen LogP contribution is -2.44. The number of carbonyl (C=O) groups excluding carboxylic acids is 1. The highest BCUT2D eigenvalue weighted by Gasteiger charge is 2.25. The molecule has 0 saturated heterocycles. The highest BCUT2D eigenvalue weighted by molar-refractivity contribution is 5.90. The average molecular weight is 361 g/mol. The summed E-state index contributed by atoms with van der Waals surface area (Å²) in [5.41, 5.74) is 1.06. The fraction of sp³-hybridized carbons (Fsp3) is 0.261. The van der Waals surface area contributed by atoms with Crippen LogP contribution in [0.2, 0.25) is 0 Å². The first kappa shape index (κ1) is 17.4. The van der Waals surface area contributed by atoms with Gasteiger partial charge in [0.1, 0.15) is 6.61 Å². The number of amides is 1. The molecule has 0 saturated carbocycles. The average Bonchev–Trinajstić information content (AvgIpc) is 2.72. The zero-order chi connectivity index (χ0) is 18.6. The Hall–Kier alpha value is -3.01. The van der Waals surface area contributed by atoms with E-state index in [0.717, 1.165) is 27.8 Å². The Balaban J connectivity index is 1.46. The van der Waals surface area contributed by atoms with Crippen LogP contribution in [0.4, 0.5) is 0 Å². The number of rotatable bonds is 5. The number of para-hydroxylation sites is 2. The van der Waals surface area contributed by atoms with E-state index >= 15 is 0 Å². The second-order valence-electron chi connectivity index (χ2n) is 6.75. The van der Waals surface area contributed by atoms with Crippen LogP contribution in [0.3, 0.4) is 0 Å². The molecule has 27 heavy (non-hydrogen) atoms. The van der Waals surface area contributed by atoms with Crippen molar-refractivity contribution < 1.29 is 14.3 Å². The van der Waals surface area contributed by atoms with Gasteiger partial charge in [0.15, 0.2) is 17.6 Å². The number of ether oxygens (including phenoxy) is 2. The maximum absolute atomic E-state index is 12.9. The molecule has 1 amide bonds. The maximum Gasteiger partial charge on any atom is 0.227 e. The molecule has 0 N–H and O–H groups in total. The molecule has 0 spiro atoms. The highest BCUT2D eigenvalue weighted by Crippen LogP contribution is 2.31. The van der Waals surface area contributed by atoms with Crippen LogP contribution in [0, 0.1) is 0 Å². The molecule has 0 fully saturated rings. The topological polar surface area (TPSA) is 38.8 Å². The Kier molecular flexibility index (Phi) is 4.97. The smallest absolute Gasteiger partial charge is 0.227 e. The first-order valence-electron chi connectivity index (χ1n) is 9.37. The molecule has 3 aromatic rings. The van der Waals surface area contributed by atoms with Crippen LogP contribution >= 0.6 is 0 Å². The van der Waals surface area contributed by atoms with Gasteiger partial charge in [0.25, 0.3) is 0 Å². The van der Waals surface area contributed by atoms with Gasteiger partial charge in [0.2, 0.25) is 5.91 Å². The molecule has 0 radical (unpaired) electrons. The summed E-state index contributed by atoms with van der Waals surface area (Å²) in [6.07, 6.45) is 0.232. The Morgan fingerprint density at radius 1 is 1.00 bits per heavy atom. The van der Waals surface area contributed by atoms with E-state index in [9.17, 15) is 4.79 Å². The van der Waals surface area contributed by atoms with Gasteiger partial charge in [0.05, 0.1) is 13.0 Å². The summed E-state index contributed by atoms with van der Waals surface area (Å²) in [5, 5.41) is 2.29. The number of nitrogens with zero attached hydrogens (tertiary/aromatic N) is 1. The van der Waals surface area contributed by atoms with Crippen LogP contribution in [0.15, 0.2) is 66.7 Å². The van der Waals surface area contributed by atoms with Crippen molar-refractivity contribution in [1.82, 2.24) is 4.90 Å². The lowest BCUT2D eigenvalue weighted by molar-refractivity contribution is -0.131. The fourth-order valence-corrected chi connectivity index (χ4v) is 3.53. The summed E-state index contributed by atoms with van der Waals surface area (Å²) in [4.78, 5) is 14.8. The maximum atomic E-state index is 12.9. The van der Waals surface area contributed by atoms with Crippen molar-refractivity contribution in [2.75, 3.05) is 19.7 Å². The Bertz CT molecular complexity index is 948. The lowest BCUT2D eigenvalue weighted by Gasteiger charge is -2.31. The van der Waals surface area contributed by atoms with Gasteiger partial charge in [-0.15, -0.1) is 0 Å². The van der Waals surface area contributed by atoms with Crippen LogP contribution in [0.25, 0.3) is 10.8 Å². The summed E-state index contributed by atoms with van der Waals surface area (Å²) < 4.78 is 11.8. The van der Waals surface area contributed by atoms with E-state index in [4.69, 9.17) is 9.47 Å². The van der Waals surface area contributed by atoms with Crippen LogP contribution < -0.4 is 9.47 Å². The standard InChI is InChI=1S/C23H23NO3/c1-2-24(15-19-16-26-21-12-5-6-13-22(21)27-19)23(25)14-18-10-7-9-17-8-3-4-11-20(17)18/h3-13,19H,2,14-16H2,1H3. The largest absolute Gasteiger partial charge is 0.486 e. The minimum atomic E-state index is -0.156. The van der Waals surface area contributed by atoms with Crippen LogP contribution in [-0.2, 0) is 11.2 Å². The van der Waals surface area contributed by atoms with Crippen LogP contribution in [-0.4, -0.2) is 36.6 Å². The predicted molar refractivity (Wildman–Crippen MR) is 106 cm³/mol. The normalized spacial score (nSPS) is 15.5. The van der Waals surface area contributed by atoms with Gasteiger partial charge in [-0.1, -0.05) is 54.6 Å². The zero-order valence-electron chi connectivity index (χ0n) is 15.4. The van der Waals surface area contributed by atoms with E-state index in [2.05, 4.69) is 18.2 Å². The second kappa shape index (κ2) is 7.70. The van der Waals surface area contributed by atoms with E-state index in [-0.39, 0.29) is 12.0 Å². The van der Waals surface area contributed by atoms with Gasteiger partial charge in [-0.05, 0) is 35.4 Å². The summed E-state index contributed by atoms with van der Waals surface area (Å²) in [6.45, 7) is 3.62. The quantitative estimate of drug-likeness (QED) is 0.688. The van der Waals surface area contributed by atoms with Crippen molar-refractivity contribution in [3.63, 3.8) is 0 Å². The third-order valence-electron chi connectivity index (χ3n) is 4.95. The Morgan fingerprint density at radius 3 is 2.59 bits per heavy atom. The Morgan fingerprint density at radius 2 is 1.74 bits per heavy atom. The molecular weight excluding hydrogens is 338 g/mol. The zero-order valence-corrected chi connectivity index (χ0v) is 15.4. The molecule has 0 aromatic heterocycles. The Labute approximate surface area is 159 Å². The van der Waals surface area contributed by atoms with E-state index in [1.54, 1.807) is 0 Å². The molecular formula is C23H23NO3.